The van der Waals surface area contributed by atoms with Gasteiger partial charge < -0.3 is 9.72 Å². The molecule has 2 aromatic heterocycles. The summed E-state index contributed by atoms with van der Waals surface area (Å²) in [5.41, 5.74) is 2.34. The number of unbranched alkanes of at least 4 members (excludes halogenated alkanes) is 9. The molecule has 3 rings (SSSR count). The van der Waals surface area contributed by atoms with E-state index in [4.69, 9.17) is 16.3 Å². The van der Waals surface area contributed by atoms with Gasteiger partial charge in [-0.05, 0) is 18.6 Å². The summed E-state index contributed by atoms with van der Waals surface area (Å²) in [5, 5.41) is 12.2. The predicted octanol–water partition coefficient (Wildman–Crippen LogP) is 7.56. The highest BCUT2D eigenvalue weighted by molar-refractivity contribution is 7.91. The van der Waals surface area contributed by atoms with E-state index in [1.165, 1.54) is 43.2 Å². The number of nitrogens with one attached hydrogen (secondary N) is 2. The van der Waals surface area contributed by atoms with Crippen LogP contribution in [0.4, 0.5) is 10.5 Å². The van der Waals surface area contributed by atoms with Gasteiger partial charge in [0.25, 0.3) is 0 Å². The molecule has 9 nitrogen and oxygen atoms in total. The summed E-state index contributed by atoms with van der Waals surface area (Å²) in [4.78, 5) is 15.5. The van der Waals surface area contributed by atoms with Crippen molar-refractivity contribution in [2.45, 2.75) is 97.3 Å². The van der Waals surface area contributed by atoms with Crippen LogP contribution in [0.1, 0.15) is 97.6 Å². The van der Waals surface area contributed by atoms with Crippen molar-refractivity contribution in [3.05, 3.63) is 35.0 Å². The lowest BCUT2D eigenvalue weighted by Crippen LogP contribution is -2.20. The monoisotopic (exact) mass is 593 g/mol. The number of halogens is 1. The zero-order valence-corrected chi connectivity index (χ0v) is 25.8. The number of aromatic amines is 1. The molecule has 0 spiro atoms. The quantitative estimate of drug-likeness (QED) is 0.165. The average molecular weight is 594 g/mol. The van der Waals surface area contributed by atoms with E-state index in [0.29, 0.717) is 28.6 Å². The second-order valence-electron chi connectivity index (χ2n) is 11.4. The van der Waals surface area contributed by atoms with Gasteiger partial charge in [-0.25, -0.2) is 13.2 Å². The van der Waals surface area contributed by atoms with Gasteiger partial charge in [0.1, 0.15) is 11.6 Å². The number of aromatic nitrogens is 4. The molecule has 0 aliphatic rings. The van der Waals surface area contributed by atoms with Crippen LogP contribution in [0.15, 0.2) is 24.3 Å². The fraction of sp³-hybridized carbons (Fsp3) is 0.621. The highest BCUT2D eigenvalue weighted by Crippen LogP contribution is 2.32. The number of anilines is 1. The Hall–Kier alpha value is -2.59. The maximum Gasteiger partial charge on any atom is 0.411 e. The zero-order valence-electron chi connectivity index (χ0n) is 24.3. The second kappa shape index (κ2) is 14.9. The van der Waals surface area contributed by atoms with Crippen LogP contribution >= 0.6 is 11.6 Å². The first-order valence-corrected chi connectivity index (χ1v) is 16.6. The third kappa shape index (κ3) is 9.80. The van der Waals surface area contributed by atoms with E-state index >= 15 is 0 Å². The van der Waals surface area contributed by atoms with Crippen molar-refractivity contribution in [2.75, 3.05) is 23.4 Å². The van der Waals surface area contributed by atoms with E-state index in [1.54, 1.807) is 18.2 Å². The summed E-state index contributed by atoms with van der Waals surface area (Å²) < 4.78 is 31.3. The lowest BCUT2D eigenvalue weighted by molar-refractivity contribution is 0.168. The first-order chi connectivity index (χ1) is 19.0. The molecule has 0 radical (unpaired) electrons. The largest absolute Gasteiger partial charge is 0.448 e. The number of nitrogens with zero attached hydrogens (tertiary/aromatic N) is 3. The molecular formula is C29H44ClN5O4S. The first-order valence-electron chi connectivity index (χ1n) is 14.4. The number of hydrogen-bond donors (Lipinski definition) is 2. The lowest BCUT2D eigenvalue weighted by Gasteiger charge is -2.14. The van der Waals surface area contributed by atoms with E-state index in [1.807, 2.05) is 26.8 Å². The highest BCUT2D eigenvalue weighted by Gasteiger charge is 2.25. The SMILES string of the molecule is CCCCCCCCCCCCS(=O)(=O)CCOC(=O)Nc1cccc(-c2nn3nc(C(C)(C)C)c(Cl)c3[nH]2)c1. The minimum absolute atomic E-state index is 0.129. The number of rotatable bonds is 16. The Morgan fingerprint density at radius 1 is 1.00 bits per heavy atom. The molecule has 40 heavy (non-hydrogen) atoms. The number of ether oxygens (including phenoxy) is 1. The van der Waals surface area contributed by atoms with E-state index in [-0.39, 0.29) is 23.5 Å². The van der Waals surface area contributed by atoms with Crippen LogP contribution in [-0.4, -0.2) is 52.4 Å². The molecule has 11 heteroatoms. The van der Waals surface area contributed by atoms with Gasteiger partial charge in [0.05, 0.1) is 17.2 Å². The Labute approximate surface area is 243 Å². The molecule has 0 saturated carbocycles. The molecule has 0 saturated heterocycles. The number of carbonyl (C=O) groups is 1. The molecule has 1 amide bonds. The van der Waals surface area contributed by atoms with E-state index in [0.717, 1.165) is 30.5 Å². The van der Waals surface area contributed by atoms with Crippen molar-refractivity contribution < 1.29 is 17.9 Å². The van der Waals surface area contributed by atoms with Crippen molar-refractivity contribution in [1.82, 2.24) is 19.8 Å². The van der Waals surface area contributed by atoms with Gasteiger partial charge >= 0.3 is 6.09 Å². The molecule has 2 N–H and O–H groups in total. The fourth-order valence-corrected chi connectivity index (χ4v) is 6.11. The molecule has 0 aliphatic carbocycles. The number of amides is 1. The van der Waals surface area contributed by atoms with E-state index < -0.39 is 15.9 Å². The molecule has 2 heterocycles. The molecular weight excluding hydrogens is 550 g/mol. The van der Waals surface area contributed by atoms with Gasteiger partial charge in [0, 0.05) is 16.7 Å². The van der Waals surface area contributed by atoms with Crippen LogP contribution in [0, 0.1) is 0 Å². The number of carbonyl (C=O) groups excluding carboxylic acids is 1. The Morgan fingerprint density at radius 2 is 1.65 bits per heavy atom. The minimum Gasteiger partial charge on any atom is -0.448 e. The molecule has 3 aromatic rings. The van der Waals surface area contributed by atoms with Crippen LogP contribution in [0.25, 0.3) is 17.0 Å². The zero-order chi connectivity index (χ0) is 29.2. The van der Waals surface area contributed by atoms with Crippen LogP contribution in [-0.2, 0) is 20.0 Å². The number of sulfone groups is 1. The molecule has 1 aromatic carbocycles. The molecule has 222 valence electrons. The van der Waals surface area contributed by atoms with Crippen LogP contribution in [0.2, 0.25) is 5.02 Å². The molecule has 0 unspecified atom stereocenters. The van der Waals surface area contributed by atoms with Gasteiger partial charge in [-0.3, -0.25) is 5.32 Å². The van der Waals surface area contributed by atoms with Crippen LogP contribution < -0.4 is 5.32 Å². The summed E-state index contributed by atoms with van der Waals surface area (Å²) >= 11 is 6.52. The van der Waals surface area contributed by atoms with Gasteiger partial charge in [0.15, 0.2) is 21.3 Å². The number of hydrogen-bond acceptors (Lipinski definition) is 6. The summed E-state index contributed by atoms with van der Waals surface area (Å²) in [5.74, 6) is 0.492. The summed E-state index contributed by atoms with van der Waals surface area (Å²) in [7, 11) is -3.26. The van der Waals surface area contributed by atoms with Gasteiger partial charge in [0.2, 0.25) is 0 Å². The maximum atomic E-state index is 12.3. The Bertz CT molecular complexity index is 1340. The predicted molar refractivity (Wildman–Crippen MR) is 162 cm³/mol. The standard InChI is InChI=1S/C29H44ClN5O4S/c1-5-6-7-8-9-10-11-12-13-14-19-40(37,38)20-18-39-28(36)31-23-17-15-16-22(21-23)26-32-27-24(30)25(29(2,3)4)33-35(27)34-26/h15-17,21H,5-14,18-20H2,1-4H3,(H,31,36)(H,32,34). The number of H-pyrrole nitrogens is 1. The Morgan fingerprint density at radius 3 is 2.27 bits per heavy atom. The van der Waals surface area contributed by atoms with Gasteiger partial charge in [-0.1, -0.05) is 109 Å². The Kier molecular flexibility index (Phi) is 11.9. The summed E-state index contributed by atoms with van der Waals surface area (Å²) in [6.07, 6.45) is 10.8. The van der Waals surface area contributed by atoms with Crippen molar-refractivity contribution >= 4 is 38.9 Å². The smallest absolute Gasteiger partial charge is 0.411 e. The summed E-state index contributed by atoms with van der Waals surface area (Å²) in [6.45, 7) is 8.13. The highest BCUT2D eigenvalue weighted by atomic mass is 35.5. The molecule has 0 atom stereocenters. The normalized spacial score (nSPS) is 12.2. The average Bonchev–Trinajstić information content (AvgIpc) is 3.44. The van der Waals surface area contributed by atoms with Gasteiger partial charge in [-0.15, -0.1) is 9.73 Å². The number of benzene rings is 1. The minimum atomic E-state index is -3.26. The van der Waals surface area contributed by atoms with Crippen molar-refractivity contribution in [1.29, 1.82) is 0 Å². The van der Waals surface area contributed by atoms with Crippen molar-refractivity contribution in [3.8, 4) is 11.4 Å². The van der Waals surface area contributed by atoms with Crippen molar-refractivity contribution in [3.63, 3.8) is 0 Å². The van der Waals surface area contributed by atoms with Gasteiger partial charge in [-0.2, -0.15) is 5.10 Å². The first kappa shape index (κ1) is 31.9. The van der Waals surface area contributed by atoms with Crippen LogP contribution in [0.3, 0.4) is 0 Å². The lowest BCUT2D eigenvalue weighted by atomic mass is 9.92. The van der Waals surface area contributed by atoms with Crippen LogP contribution in [0.5, 0.6) is 0 Å². The summed E-state index contributed by atoms with van der Waals surface area (Å²) in [6, 6.07) is 7.06. The molecule has 0 fully saturated rings. The number of fused-ring (bicyclic) bond motifs is 1. The van der Waals surface area contributed by atoms with E-state index in [2.05, 4.69) is 27.4 Å². The Balaban J connectivity index is 1.39. The maximum absolute atomic E-state index is 12.3. The second-order valence-corrected chi connectivity index (χ2v) is 14.1. The van der Waals surface area contributed by atoms with Crippen molar-refractivity contribution in [2.24, 2.45) is 0 Å². The third-order valence-corrected chi connectivity index (χ3v) is 8.83. The molecule has 0 aliphatic heterocycles. The fourth-order valence-electron chi connectivity index (χ4n) is 4.48. The third-order valence-electron chi connectivity index (χ3n) is 6.77. The topological polar surface area (TPSA) is 118 Å². The molecule has 0 bridgehead atoms. The van der Waals surface area contributed by atoms with E-state index in [9.17, 15) is 13.2 Å².